The van der Waals surface area contributed by atoms with E-state index in [9.17, 15) is 9.59 Å². The second kappa shape index (κ2) is 8.07. The van der Waals surface area contributed by atoms with Crippen LogP contribution in [0.15, 0.2) is 46.3 Å². The minimum atomic E-state index is -0.334. The van der Waals surface area contributed by atoms with Crippen molar-refractivity contribution in [1.29, 1.82) is 0 Å². The number of amides is 2. The normalized spacial score (nSPS) is 10.5. The Hall–Kier alpha value is -1.70. The molecule has 1 heterocycles. The van der Waals surface area contributed by atoms with Crippen molar-refractivity contribution in [2.45, 2.75) is 6.54 Å². The van der Waals surface area contributed by atoms with Gasteiger partial charge >= 0.3 is 0 Å². The van der Waals surface area contributed by atoms with Crippen molar-refractivity contribution in [2.24, 2.45) is 0 Å². The van der Waals surface area contributed by atoms with Crippen LogP contribution in [0.4, 0.5) is 0 Å². The van der Waals surface area contributed by atoms with Crippen LogP contribution in [0.2, 0.25) is 0 Å². The molecule has 2 rings (SSSR count). The van der Waals surface area contributed by atoms with Crippen molar-refractivity contribution in [3.05, 3.63) is 56.7 Å². The van der Waals surface area contributed by atoms with Crippen molar-refractivity contribution < 1.29 is 9.59 Å². The van der Waals surface area contributed by atoms with Crippen LogP contribution in [0.25, 0.3) is 0 Å². The zero-order valence-corrected chi connectivity index (χ0v) is 14.4. The molecule has 0 saturated carbocycles. The average molecular weight is 382 g/mol. The van der Waals surface area contributed by atoms with E-state index in [-0.39, 0.29) is 18.4 Å². The highest BCUT2D eigenvalue weighted by Gasteiger charge is 2.10. The zero-order chi connectivity index (χ0) is 15.9. The predicted molar refractivity (Wildman–Crippen MR) is 90.4 cm³/mol. The molecule has 0 fully saturated rings. The molecule has 0 aliphatic heterocycles. The summed E-state index contributed by atoms with van der Waals surface area (Å²) in [6, 6.07) is 12.7. The summed E-state index contributed by atoms with van der Waals surface area (Å²) in [4.78, 5) is 26.6. The lowest BCUT2D eigenvalue weighted by Gasteiger charge is -2.15. The fourth-order valence-electron chi connectivity index (χ4n) is 1.83. The van der Waals surface area contributed by atoms with E-state index < -0.39 is 0 Å². The molecule has 0 unspecified atom stereocenters. The molecule has 0 aliphatic carbocycles. The largest absolute Gasteiger partial charge is 0.292 e. The first-order chi connectivity index (χ1) is 10.5. The van der Waals surface area contributed by atoms with E-state index in [0.29, 0.717) is 12.1 Å². The minimum Gasteiger partial charge on any atom is -0.292 e. The van der Waals surface area contributed by atoms with Gasteiger partial charge in [0.1, 0.15) is 0 Å². The number of carbonyl (C=O) groups excluding carboxylic acids is 2. The summed E-state index contributed by atoms with van der Waals surface area (Å²) in [5, 5.41) is 0. The first-order valence-corrected chi connectivity index (χ1v) is 8.22. The molecule has 0 atom stereocenters. The molecule has 0 saturated heterocycles. The third kappa shape index (κ3) is 5.25. The minimum absolute atomic E-state index is 0.199. The highest BCUT2D eigenvalue weighted by molar-refractivity contribution is 9.11. The summed E-state index contributed by atoms with van der Waals surface area (Å²) in [7, 11) is 1.85. The maximum absolute atomic E-state index is 11.8. The van der Waals surface area contributed by atoms with Crippen LogP contribution in [0, 0.1) is 0 Å². The summed E-state index contributed by atoms with van der Waals surface area (Å²) >= 11 is 5.04. The molecule has 22 heavy (non-hydrogen) atoms. The van der Waals surface area contributed by atoms with Gasteiger partial charge in [-0.3, -0.25) is 25.3 Å². The van der Waals surface area contributed by atoms with Crippen molar-refractivity contribution in [3.63, 3.8) is 0 Å². The van der Waals surface area contributed by atoms with Gasteiger partial charge in [-0.15, -0.1) is 11.3 Å². The Kier molecular flexibility index (Phi) is 6.11. The maximum atomic E-state index is 11.8. The molecule has 0 bridgehead atoms. The number of benzene rings is 1. The average Bonchev–Trinajstić information content (AvgIpc) is 2.90. The number of carbonyl (C=O) groups is 2. The van der Waals surface area contributed by atoms with Gasteiger partial charge in [0.15, 0.2) is 0 Å². The Labute approximate surface area is 141 Å². The van der Waals surface area contributed by atoms with Crippen molar-refractivity contribution in [2.75, 3.05) is 13.6 Å². The van der Waals surface area contributed by atoms with E-state index >= 15 is 0 Å². The number of rotatable bonds is 5. The van der Waals surface area contributed by atoms with Crippen molar-refractivity contribution >= 4 is 39.1 Å². The highest BCUT2D eigenvalue weighted by atomic mass is 79.9. The number of halogens is 1. The fourth-order valence-corrected chi connectivity index (χ4v) is 3.39. The number of thiophene rings is 1. The summed E-state index contributed by atoms with van der Waals surface area (Å²) < 4.78 is 1.07. The molecular weight excluding hydrogens is 366 g/mol. The van der Waals surface area contributed by atoms with Gasteiger partial charge in [-0.2, -0.15) is 0 Å². The van der Waals surface area contributed by atoms with Gasteiger partial charge in [0.25, 0.3) is 11.8 Å². The first kappa shape index (κ1) is 16.7. The molecule has 0 spiro atoms. The quantitative estimate of drug-likeness (QED) is 0.781. The van der Waals surface area contributed by atoms with E-state index in [1.807, 2.05) is 30.1 Å². The Bertz CT molecular complexity index is 645. The Morgan fingerprint density at radius 1 is 1.14 bits per heavy atom. The summed E-state index contributed by atoms with van der Waals surface area (Å²) in [5.74, 6) is -0.596. The molecule has 2 N–H and O–H groups in total. The lowest BCUT2D eigenvalue weighted by molar-refractivity contribution is -0.122. The van der Waals surface area contributed by atoms with Gasteiger partial charge in [0, 0.05) is 17.0 Å². The van der Waals surface area contributed by atoms with E-state index in [4.69, 9.17) is 0 Å². The van der Waals surface area contributed by atoms with Crippen molar-refractivity contribution in [3.8, 4) is 0 Å². The molecule has 2 aromatic rings. The Balaban J connectivity index is 1.74. The summed E-state index contributed by atoms with van der Waals surface area (Å²) in [6.07, 6.45) is 0. The molecule has 116 valence electrons. The number of likely N-dealkylation sites (N-methyl/N-ethyl adjacent to an activating group) is 1. The highest BCUT2D eigenvalue weighted by Crippen LogP contribution is 2.22. The van der Waals surface area contributed by atoms with Gasteiger partial charge in [-0.25, -0.2) is 0 Å². The molecule has 1 aromatic carbocycles. The molecule has 5 nitrogen and oxygen atoms in total. The second-order valence-electron chi connectivity index (χ2n) is 4.75. The summed E-state index contributed by atoms with van der Waals surface area (Å²) in [5.41, 5.74) is 5.32. The Morgan fingerprint density at radius 2 is 1.86 bits per heavy atom. The third-order valence-electron chi connectivity index (χ3n) is 2.82. The molecule has 1 aromatic heterocycles. The van der Waals surface area contributed by atoms with E-state index in [1.54, 1.807) is 35.6 Å². The van der Waals surface area contributed by atoms with Gasteiger partial charge in [0.05, 0.1) is 10.3 Å². The molecule has 7 heteroatoms. The topological polar surface area (TPSA) is 61.4 Å². The van der Waals surface area contributed by atoms with Gasteiger partial charge < -0.3 is 0 Å². The number of hydrogen-bond donors (Lipinski definition) is 2. The standard InChI is InChI=1S/C15H16BrN3O2S/c1-19(9-12-7-8-13(16)22-12)10-14(20)17-18-15(21)11-5-3-2-4-6-11/h2-8H,9-10H2,1H3,(H,17,20)(H,18,21). The van der Waals surface area contributed by atoms with Gasteiger partial charge in [0.2, 0.25) is 0 Å². The lowest BCUT2D eigenvalue weighted by Crippen LogP contribution is -2.45. The Morgan fingerprint density at radius 3 is 2.50 bits per heavy atom. The van der Waals surface area contributed by atoms with E-state index in [2.05, 4.69) is 26.8 Å². The third-order valence-corrected chi connectivity index (χ3v) is 4.43. The number of nitrogens with zero attached hydrogens (tertiary/aromatic N) is 1. The maximum Gasteiger partial charge on any atom is 0.269 e. The second-order valence-corrected chi connectivity index (χ2v) is 7.29. The van der Waals surface area contributed by atoms with Crippen LogP contribution in [-0.4, -0.2) is 30.3 Å². The molecular formula is C15H16BrN3O2S. The summed E-state index contributed by atoms with van der Waals surface area (Å²) in [6.45, 7) is 0.876. The van der Waals surface area contributed by atoms with Crippen LogP contribution in [-0.2, 0) is 11.3 Å². The monoisotopic (exact) mass is 381 g/mol. The van der Waals surface area contributed by atoms with Gasteiger partial charge in [-0.1, -0.05) is 18.2 Å². The van der Waals surface area contributed by atoms with Gasteiger partial charge in [-0.05, 0) is 47.2 Å². The van der Waals surface area contributed by atoms with Crippen LogP contribution in [0.1, 0.15) is 15.2 Å². The molecule has 0 aliphatic rings. The number of hydrogen-bond acceptors (Lipinski definition) is 4. The lowest BCUT2D eigenvalue weighted by atomic mass is 10.2. The molecule has 2 amide bonds. The van der Waals surface area contributed by atoms with Crippen LogP contribution >= 0.6 is 27.3 Å². The zero-order valence-electron chi connectivity index (χ0n) is 12.0. The number of nitrogens with one attached hydrogen (secondary N) is 2. The first-order valence-electron chi connectivity index (χ1n) is 6.61. The smallest absolute Gasteiger partial charge is 0.269 e. The van der Waals surface area contributed by atoms with Crippen LogP contribution in [0.5, 0.6) is 0 Å². The number of hydrazine groups is 1. The molecule has 0 radical (unpaired) electrons. The van der Waals surface area contributed by atoms with Crippen LogP contribution in [0.3, 0.4) is 0 Å². The van der Waals surface area contributed by atoms with Crippen molar-refractivity contribution in [1.82, 2.24) is 15.8 Å². The fraction of sp³-hybridized carbons (Fsp3) is 0.200. The van der Waals surface area contributed by atoms with Crippen LogP contribution < -0.4 is 10.9 Å². The SMILES string of the molecule is CN(CC(=O)NNC(=O)c1ccccc1)Cc1ccc(Br)s1. The predicted octanol–water partition coefficient (Wildman–Crippen LogP) is 2.40. The van der Waals surface area contributed by atoms with E-state index in [1.165, 1.54) is 0 Å². The van der Waals surface area contributed by atoms with E-state index in [0.717, 1.165) is 8.66 Å².